The number of quaternary nitrogens is 1. The van der Waals surface area contributed by atoms with Gasteiger partial charge in [0.25, 0.3) is 5.91 Å². The molecule has 0 saturated carbocycles. The van der Waals surface area contributed by atoms with Gasteiger partial charge in [-0.2, -0.15) is 0 Å². The van der Waals surface area contributed by atoms with E-state index < -0.39 is 0 Å². The molecule has 3 aromatic rings. The Morgan fingerprint density at radius 2 is 1.68 bits per heavy atom. The SMILES string of the molecule is C/C=C(\C=C/C[N+](C)(C)C)CNC(=O)c1ccnc(-c2ccc(Oc3ccc(F)cc3)cc2)n1. The molecule has 0 fully saturated rings. The average Bonchev–Trinajstić information content (AvgIpc) is 2.82. The van der Waals surface area contributed by atoms with Crippen LogP contribution in [-0.2, 0) is 0 Å². The lowest BCUT2D eigenvalue weighted by Crippen LogP contribution is -2.34. The summed E-state index contributed by atoms with van der Waals surface area (Å²) >= 11 is 0. The van der Waals surface area contributed by atoms with Gasteiger partial charge in [0.1, 0.15) is 23.0 Å². The Morgan fingerprint density at radius 3 is 2.29 bits per heavy atom. The fourth-order valence-electron chi connectivity index (χ4n) is 2.99. The first-order chi connectivity index (χ1) is 16.2. The Morgan fingerprint density at radius 1 is 1.03 bits per heavy atom. The lowest BCUT2D eigenvalue weighted by Gasteiger charge is -2.21. The number of rotatable bonds is 9. The molecule has 34 heavy (non-hydrogen) atoms. The summed E-state index contributed by atoms with van der Waals surface area (Å²) in [5.74, 6) is 0.995. The fraction of sp³-hybridized carbons (Fsp3) is 0.222. The number of halogens is 1. The zero-order valence-corrected chi connectivity index (χ0v) is 20.0. The fourth-order valence-corrected chi connectivity index (χ4v) is 2.99. The van der Waals surface area contributed by atoms with Gasteiger partial charge in [-0.1, -0.05) is 12.2 Å². The van der Waals surface area contributed by atoms with Gasteiger partial charge in [0.15, 0.2) is 5.82 Å². The van der Waals surface area contributed by atoms with Gasteiger partial charge in [0.05, 0.1) is 27.7 Å². The predicted molar refractivity (Wildman–Crippen MR) is 132 cm³/mol. The van der Waals surface area contributed by atoms with Gasteiger partial charge in [0, 0.05) is 18.3 Å². The van der Waals surface area contributed by atoms with Crippen molar-refractivity contribution in [2.24, 2.45) is 0 Å². The molecule has 0 unspecified atom stereocenters. The van der Waals surface area contributed by atoms with E-state index in [2.05, 4.69) is 42.5 Å². The number of nitrogens with one attached hydrogen (secondary N) is 1. The van der Waals surface area contributed by atoms with Crippen LogP contribution in [0.2, 0.25) is 0 Å². The normalized spacial score (nSPS) is 12.1. The van der Waals surface area contributed by atoms with E-state index in [4.69, 9.17) is 4.74 Å². The standard InChI is InChI=1S/C27H29FN4O2/c1-5-20(7-6-18-32(2,3)4)19-30-27(33)25-16-17-29-26(31-25)21-8-12-23(13-9-21)34-24-14-10-22(28)11-15-24/h5-17H,18-19H2,1-4H3/p+1/b7-6-,20-5+. The van der Waals surface area contributed by atoms with Crippen LogP contribution in [0, 0.1) is 5.82 Å². The Bertz CT molecular complexity index is 1160. The van der Waals surface area contributed by atoms with Crippen LogP contribution in [0.4, 0.5) is 4.39 Å². The number of nitrogens with zero attached hydrogens (tertiary/aromatic N) is 3. The van der Waals surface area contributed by atoms with Crippen molar-refractivity contribution in [3.63, 3.8) is 0 Å². The number of hydrogen-bond donors (Lipinski definition) is 1. The molecule has 176 valence electrons. The minimum Gasteiger partial charge on any atom is -0.457 e. The largest absolute Gasteiger partial charge is 0.457 e. The summed E-state index contributed by atoms with van der Waals surface area (Å²) in [4.78, 5) is 21.4. The highest BCUT2D eigenvalue weighted by Gasteiger charge is 2.11. The molecule has 1 aromatic heterocycles. The van der Waals surface area contributed by atoms with Gasteiger partial charge in [-0.05, 0) is 73.2 Å². The second kappa shape index (κ2) is 11.3. The van der Waals surface area contributed by atoms with Gasteiger partial charge in [-0.25, -0.2) is 14.4 Å². The minimum atomic E-state index is -0.318. The van der Waals surface area contributed by atoms with Crippen LogP contribution in [-0.4, -0.2) is 54.6 Å². The molecule has 1 N–H and O–H groups in total. The van der Waals surface area contributed by atoms with Crippen molar-refractivity contribution in [1.29, 1.82) is 0 Å². The van der Waals surface area contributed by atoms with Gasteiger partial charge in [-0.3, -0.25) is 4.79 Å². The molecule has 0 bridgehead atoms. The van der Waals surface area contributed by atoms with Crippen LogP contribution in [0.1, 0.15) is 17.4 Å². The quantitative estimate of drug-likeness (QED) is 0.359. The maximum atomic E-state index is 13.0. The maximum Gasteiger partial charge on any atom is 0.270 e. The van der Waals surface area contributed by atoms with Crippen molar-refractivity contribution in [2.45, 2.75) is 6.92 Å². The first-order valence-electron chi connectivity index (χ1n) is 11.0. The monoisotopic (exact) mass is 461 g/mol. The number of aromatic nitrogens is 2. The van der Waals surface area contributed by atoms with Crippen molar-refractivity contribution in [2.75, 3.05) is 34.2 Å². The Hall–Kier alpha value is -3.84. The molecule has 0 saturated heterocycles. The number of benzene rings is 2. The smallest absolute Gasteiger partial charge is 0.270 e. The molecular weight excluding hydrogens is 431 g/mol. The minimum absolute atomic E-state index is 0.265. The van der Waals surface area contributed by atoms with E-state index in [1.807, 2.05) is 31.2 Å². The molecule has 0 radical (unpaired) electrons. The molecule has 2 aromatic carbocycles. The number of allylic oxidation sites excluding steroid dienone is 1. The summed E-state index contributed by atoms with van der Waals surface area (Å²) in [5.41, 5.74) is 2.06. The number of carbonyl (C=O) groups excluding carboxylic acids is 1. The van der Waals surface area contributed by atoms with Crippen molar-refractivity contribution in [1.82, 2.24) is 15.3 Å². The maximum absolute atomic E-state index is 13.0. The van der Waals surface area contributed by atoms with E-state index >= 15 is 0 Å². The number of amides is 1. The first kappa shape index (κ1) is 24.8. The van der Waals surface area contributed by atoms with Crippen LogP contribution >= 0.6 is 0 Å². The number of carbonyl (C=O) groups is 1. The molecule has 0 spiro atoms. The van der Waals surface area contributed by atoms with Crippen LogP contribution in [0.15, 0.2) is 84.6 Å². The number of hydrogen-bond acceptors (Lipinski definition) is 4. The highest BCUT2D eigenvalue weighted by molar-refractivity contribution is 5.92. The molecule has 0 aliphatic heterocycles. The van der Waals surface area contributed by atoms with Gasteiger partial charge in [0.2, 0.25) is 0 Å². The molecule has 0 aliphatic carbocycles. The third-order valence-electron chi connectivity index (χ3n) is 4.86. The molecular formula is C27H30FN4O2+. The van der Waals surface area contributed by atoms with Crippen molar-refractivity contribution < 1.29 is 18.4 Å². The zero-order chi connectivity index (χ0) is 24.6. The molecule has 3 rings (SSSR count). The van der Waals surface area contributed by atoms with Gasteiger partial charge in [-0.15, -0.1) is 0 Å². The van der Waals surface area contributed by atoms with Crippen LogP contribution in [0.25, 0.3) is 11.4 Å². The highest BCUT2D eigenvalue weighted by atomic mass is 19.1. The van der Waals surface area contributed by atoms with E-state index in [0.717, 1.165) is 22.2 Å². The summed E-state index contributed by atoms with van der Waals surface area (Å²) in [6.45, 7) is 3.26. The summed E-state index contributed by atoms with van der Waals surface area (Å²) in [6.07, 6.45) is 7.68. The highest BCUT2D eigenvalue weighted by Crippen LogP contribution is 2.24. The summed E-state index contributed by atoms with van der Waals surface area (Å²) < 4.78 is 19.6. The third kappa shape index (κ3) is 7.64. The molecule has 1 amide bonds. The lowest BCUT2D eigenvalue weighted by atomic mass is 10.2. The zero-order valence-electron chi connectivity index (χ0n) is 20.0. The van der Waals surface area contributed by atoms with E-state index in [9.17, 15) is 9.18 Å². The summed E-state index contributed by atoms with van der Waals surface area (Å²) in [6, 6.07) is 14.6. The number of ether oxygens (including phenoxy) is 1. The Balaban J connectivity index is 1.62. The second-order valence-electron chi connectivity index (χ2n) is 8.77. The Labute approximate surface area is 200 Å². The summed E-state index contributed by atoms with van der Waals surface area (Å²) in [5, 5.41) is 2.92. The first-order valence-corrected chi connectivity index (χ1v) is 11.0. The molecule has 1 heterocycles. The van der Waals surface area contributed by atoms with Crippen LogP contribution in [0.5, 0.6) is 11.5 Å². The lowest BCUT2D eigenvalue weighted by molar-refractivity contribution is -0.864. The van der Waals surface area contributed by atoms with E-state index in [0.29, 0.717) is 29.6 Å². The van der Waals surface area contributed by atoms with Crippen molar-refractivity contribution >= 4 is 5.91 Å². The topological polar surface area (TPSA) is 64.1 Å². The average molecular weight is 462 g/mol. The van der Waals surface area contributed by atoms with E-state index in [-0.39, 0.29) is 11.7 Å². The van der Waals surface area contributed by atoms with E-state index in [1.165, 1.54) is 12.1 Å². The molecule has 0 atom stereocenters. The third-order valence-corrected chi connectivity index (χ3v) is 4.86. The second-order valence-corrected chi connectivity index (χ2v) is 8.77. The molecule has 0 aliphatic rings. The Kier molecular flexibility index (Phi) is 8.27. The van der Waals surface area contributed by atoms with Gasteiger partial charge < -0.3 is 14.5 Å². The van der Waals surface area contributed by atoms with Crippen molar-refractivity contribution in [3.8, 4) is 22.9 Å². The van der Waals surface area contributed by atoms with Crippen LogP contribution < -0.4 is 10.1 Å². The van der Waals surface area contributed by atoms with Crippen molar-refractivity contribution in [3.05, 3.63) is 96.1 Å². The van der Waals surface area contributed by atoms with Crippen LogP contribution in [0.3, 0.4) is 0 Å². The van der Waals surface area contributed by atoms with Gasteiger partial charge >= 0.3 is 0 Å². The van der Waals surface area contributed by atoms with E-state index in [1.54, 1.807) is 36.5 Å². The number of likely N-dealkylation sites (N-methyl/N-ethyl adjacent to an activating group) is 1. The summed E-state index contributed by atoms with van der Waals surface area (Å²) in [7, 11) is 6.38. The molecule has 6 nitrogen and oxygen atoms in total. The predicted octanol–water partition coefficient (Wildman–Crippen LogP) is 5.01. The molecule has 7 heteroatoms.